The third kappa shape index (κ3) is 18.9. The van der Waals surface area contributed by atoms with Crippen molar-refractivity contribution in [3.63, 3.8) is 0 Å². The number of likely N-dealkylation sites (tertiary alicyclic amines) is 1. The van der Waals surface area contributed by atoms with E-state index in [9.17, 15) is 79.8 Å². The molecule has 0 saturated carbocycles. The number of nitrogens with two attached hydrogens (primary N) is 2. The first-order chi connectivity index (χ1) is 43.9. The summed E-state index contributed by atoms with van der Waals surface area (Å²) >= 11 is 0. The van der Waals surface area contributed by atoms with Gasteiger partial charge in [0, 0.05) is 39.1 Å². The molecule has 24 atom stereocenters. The van der Waals surface area contributed by atoms with Gasteiger partial charge in [0.15, 0.2) is 37.4 Å². The maximum atomic E-state index is 13.9. The van der Waals surface area contributed by atoms with Gasteiger partial charge in [0.05, 0.1) is 101 Å². The summed E-state index contributed by atoms with van der Waals surface area (Å²) in [6.07, 6.45) is -26.1. The van der Waals surface area contributed by atoms with Crippen molar-refractivity contribution in [2.45, 2.75) is 235 Å². The van der Waals surface area contributed by atoms with Crippen LogP contribution in [0.3, 0.4) is 0 Å². The second kappa shape index (κ2) is 34.0. The fourth-order valence-corrected chi connectivity index (χ4v) is 12.0. The van der Waals surface area contributed by atoms with E-state index in [4.69, 9.17) is 63.6 Å². The van der Waals surface area contributed by atoms with Crippen molar-refractivity contribution in [1.29, 1.82) is 0 Å². The van der Waals surface area contributed by atoms with E-state index in [1.807, 2.05) is 34.6 Å². The number of fused-ring (bicyclic) bond motifs is 1. The topological polar surface area (TPSA) is 508 Å². The molecule has 7 rings (SSSR count). The van der Waals surface area contributed by atoms with Gasteiger partial charge in [-0.05, 0) is 50.9 Å². The number of aliphatic carboxylic acids is 2. The Morgan fingerprint density at radius 2 is 1.18 bits per heavy atom. The minimum absolute atomic E-state index is 0.0115. The van der Waals surface area contributed by atoms with Gasteiger partial charge in [0.2, 0.25) is 23.6 Å². The quantitative estimate of drug-likeness (QED) is 0.0231. The molecular weight excluding hydrogens is 1240 g/mol. The molecule has 6 aliphatic heterocycles. The maximum absolute atomic E-state index is 13.9. The number of carbonyl (C=O) groups is 6. The van der Waals surface area contributed by atoms with Crippen LogP contribution in [0.4, 0.5) is 0 Å². The smallest absolute Gasteiger partial charge is 0.335 e. The van der Waals surface area contributed by atoms with Crippen LogP contribution >= 0.6 is 0 Å². The van der Waals surface area contributed by atoms with Crippen LogP contribution < -0.4 is 16.8 Å². The van der Waals surface area contributed by atoms with E-state index in [1.165, 1.54) is 23.4 Å². The minimum atomic E-state index is -1.88. The molecular formula is C58H96N8O27. The Morgan fingerprint density at radius 1 is 0.634 bits per heavy atom. The summed E-state index contributed by atoms with van der Waals surface area (Å²) in [5.41, 5.74) is 11.9. The van der Waals surface area contributed by atoms with Crippen molar-refractivity contribution in [3.05, 3.63) is 11.9 Å². The van der Waals surface area contributed by atoms with Crippen molar-refractivity contribution in [1.82, 2.24) is 30.1 Å². The van der Waals surface area contributed by atoms with Gasteiger partial charge in [-0.25, -0.2) is 14.3 Å². The Hall–Kier alpha value is -4.68. The van der Waals surface area contributed by atoms with Crippen LogP contribution in [0.25, 0.3) is 0 Å². The van der Waals surface area contributed by atoms with Crippen LogP contribution in [-0.4, -0.2) is 306 Å². The predicted molar refractivity (Wildman–Crippen MR) is 311 cm³/mol. The molecule has 35 heteroatoms. The van der Waals surface area contributed by atoms with Gasteiger partial charge in [-0.15, -0.1) is 5.10 Å². The fraction of sp³-hybridized carbons (Fsp3) is 0.862. The van der Waals surface area contributed by atoms with Crippen LogP contribution in [0.1, 0.15) is 92.7 Å². The van der Waals surface area contributed by atoms with Crippen molar-refractivity contribution in [2.24, 2.45) is 34.6 Å². The van der Waals surface area contributed by atoms with Gasteiger partial charge in [0.1, 0.15) is 66.7 Å². The van der Waals surface area contributed by atoms with E-state index < -0.39 is 158 Å². The van der Waals surface area contributed by atoms with Crippen molar-refractivity contribution < 1.29 is 132 Å². The molecule has 15 N–H and O–H groups in total. The van der Waals surface area contributed by atoms with Crippen LogP contribution in [0, 0.1) is 23.2 Å². The molecule has 0 bridgehead atoms. The summed E-state index contributed by atoms with van der Waals surface area (Å²) in [5.74, 6) is -5.51. The molecule has 6 fully saturated rings. The third-order valence-electron chi connectivity index (χ3n) is 17.3. The molecule has 35 nitrogen and oxygen atoms in total. The first-order valence-corrected chi connectivity index (χ1v) is 31.6. The van der Waals surface area contributed by atoms with E-state index in [0.717, 1.165) is 0 Å². The number of aliphatic hydroxyl groups is 8. The molecule has 0 radical (unpaired) electrons. The highest BCUT2D eigenvalue weighted by Crippen LogP contribution is 2.48. The van der Waals surface area contributed by atoms with Gasteiger partial charge in [-0.3, -0.25) is 24.1 Å². The lowest BCUT2D eigenvalue weighted by Gasteiger charge is -2.45. The number of carboxylic acids is 2. The lowest BCUT2D eigenvalue weighted by Crippen LogP contribution is -2.66. The minimum Gasteiger partial charge on any atom is -0.479 e. The summed E-state index contributed by atoms with van der Waals surface area (Å²) in [4.78, 5) is 81.7. The average molecular weight is 1340 g/mol. The number of carbonyl (C=O) groups excluding carboxylic acids is 4. The predicted octanol–water partition coefficient (Wildman–Crippen LogP) is -5.38. The zero-order valence-electron chi connectivity index (χ0n) is 53.3. The number of nitrogens with one attached hydrogen (secondary N) is 1. The molecule has 7 heterocycles. The summed E-state index contributed by atoms with van der Waals surface area (Å²) < 4.78 is 63.2. The van der Waals surface area contributed by atoms with Gasteiger partial charge < -0.3 is 125 Å². The van der Waals surface area contributed by atoms with E-state index >= 15 is 0 Å². The van der Waals surface area contributed by atoms with E-state index in [1.54, 1.807) is 11.1 Å². The molecule has 0 aliphatic carbocycles. The number of nitrogens with zero attached hydrogens (tertiary/aromatic N) is 5. The van der Waals surface area contributed by atoms with E-state index in [0.29, 0.717) is 25.0 Å². The van der Waals surface area contributed by atoms with Crippen LogP contribution in [-0.2, 0) is 94.0 Å². The maximum Gasteiger partial charge on any atom is 0.335 e. The molecule has 6 saturated heterocycles. The zero-order valence-corrected chi connectivity index (χ0v) is 53.3. The average Bonchev–Trinajstić information content (AvgIpc) is 1.59. The Balaban J connectivity index is 0.842. The van der Waals surface area contributed by atoms with Crippen LogP contribution in [0.5, 0.6) is 0 Å². The number of imide groups is 1. The summed E-state index contributed by atoms with van der Waals surface area (Å²) in [5, 5.41) is 115. The highest BCUT2D eigenvalue weighted by atomic mass is 16.8. The molecule has 8 unspecified atom stereocenters. The van der Waals surface area contributed by atoms with Crippen molar-refractivity contribution in [2.75, 3.05) is 59.3 Å². The zero-order chi connectivity index (χ0) is 68.3. The lowest BCUT2D eigenvalue weighted by molar-refractivity contribution is -0.337. The Morgan fingerprint density at radius 3 is 1.73 bits per heavy atom. The highest BCUT2D eigenvalue weighted by molar-refractivity contribution is 6.06. The standard InChI is InChI=1S/C58H96N8O27/c1-26(2)44-32-33(49(89-44)58(5,6)7)51(78)66(50(32)77)16-10-8-9-15-64(24-29-25-65(63-62-29)17-21-84-22-23-86-57-43(76)41(74)46(48(93-57)53(81)82)91-55-35(60)39(72)37(70)28(4)88-55)31(68)13-12-30(67)61-14-20-83-18-11-19-85-56-42(75)40(73)45(47(92-56)52(79)80)90-54-34(59)38(71)36(69)27(3)87-54/h25-28,32-49,54-57,69-76H,8-24,59-60H2,1-7H3,(H,61,67)(H,79,80)(H,81,82)/t27?,28?,32-,33+,34?,35?,36-,37-,38-,39-,40-,41-,42?,43?,44-,45+,46+,47?,48?,49-,54-,55-,56-,57-/m1/s1. The Labute approximate surface area is 537 Å². The highest BCUT2D eigenvalue weighted by Gasteiger charge is 2.62. The number of rotatable bonds is 33. The largest absolute Gasteiger partial charge is 0.479 e. The third-order valence-corrected chi connectivity index (χ3v) is 17.3. The summed E-state index contributed by atoms with van der Waals surface area (Å²) in [6, 6.07) is -2.66. The first-order valence-electron chi connectivity index (χ1n) is 31.6. The Bertz CT molecular complexity index is 2610. The van der Waals surface area contributed by atoms with Crippen LogP contribution in [0.15, 0.2) is 6.20 Å². The monoisotopic (exact) mass is 1340 g/mol. The molecule has 93 heavy (non-hydrogen) atoms. The SMILES string of the molecule is CC1O[C@H](O[C@@H]2C(C(=O)O)O[C@@H](OCCCOCCNC(=O)CCC(=O)N(CCCCCN3C(=O)[C@@H]4[C@H](C3=O)[C@H](C(C)(C)C)O[C@@H]4C(C)C)Cc3cn(CCOCCO[C@@H]4OC(C(=O)O)[C@@H](O[C@H]5OC(C)[C@@H](O)[C@H](O)C5N)[C@H](O)C4O)nn3)C(O)[C@H]2O)C(N)[C@@H](O)[C@@H]1O. The number of unbranched alkanes of at least 4 members (excludes halogenated alkanes) is 2. The fourth-order valence-electron chi connectivity index (χ4n) is 12.0. The number of hydrogen-bond acceptors (Lipinski definition) is 29. The van der Waals surface area contributed by atoms with Crippen molar-refractivity contribution in [3.8, 4) is 0 Å². The Kier molecular flexibility index (Phi) is 27.7. The second-order valence-electron chi connectivity index (χ2n) is 25.8. The van der Waals surface area contributed by atoms with Gasteiger partial charge in [-0.2, -0.15) is 0 Å². The molecule has 0 spiro atoms. The molecule has 1 aromatic rings. The lowest BCUT2D eigenvalue weighted by atomic mass is 9.77. The molecule has 0 aromatic carbocycles. The first kappa shape index (κ1) is 75.7. The number of carboxylic acid groups (broad SMARTS) is 2. The molecule has 1 aromatic heterocycles. The summed E-state index contributed by atoms with van der Waals surface area (Å²) in [7, 11) is 0. The number of aromatic nitrogens is 3. The number of ether oxygens (including phenoxy) is 11. The molecule has 530 valence electrons. The van der Waals surface area contributed by atoms with Gasteiger partial charge >= 0.3 is 11.9 Å². The number of aliphatic hydroxyl groups excluding tert-OH is 8. The van der Waals surface area contributed by atoms with Crippen molar-refractivity contribution >= 4 is 35.6 Å². The molecule has 6 aliphatic rings. The summed E-state index contributed by atoms with van der Waals surface area (Å²) in [6.45, 7) is 13.3. The number of hydrogen-bond donors (Lipinski definition) is 13. The van der Waals surface area contributed by atoms with Gasteiger partial charge in [0.25, 0.3) is 0 Å². The normalized spacial score (nSPS) is 36.5. The van der Waals surface area contributed by atoms with E-state index in [2.05, 4.69) is 15.6 Å². The van der Waals surface area contributed by atoms with Gasteiger partial charge in [-0.1, -0.05) is 39.8 Å². The second-order valence-corrected chi connectivity index (χ2v) is 25.8. The number of amides is 4. The van der Waals surface area contributed by atoms with E-state index in [-0.39, 0.29) is 127 Å². The van der Waals surface area contributed by atoms with Crippen LogP contribution in [0.2, 0.25) is 0 Å². The molecule has 4 amide bonds.